The number of benzene rings is 9. The van der Waals surface area contributed by atoms with E-state index in [-0.39, 0.29) is 23.0 Å². The van der Waals surface area contributed by atoms with Crippen molar-refractivity contribution in [1.29, 1.82) is 0 Å². The van der Waals surface area contributed by atoms with Crippen LogP contribution >= 0.6 is 11.3 Å². The molecule has 0 saturated heterocycles. The second kappa shape index (κ2) is 16.0. The summed E-state index contributed by atoms with van der Waals surface area (Å²) in [6.45, 7) is 25.8. The highest BCUT2D eigenvalue weighted by Crippen LogP contribution is 2.51. The number of anilines is 6. The third-order valence-electron chi connectivity index (χ3n) is 16.1. The van der Waals surface area contributed by atoms with Crippen molar-refractivity contribution in [1.82, 2.24) is 0 Å². The van der Waals surface area contributed by atoms with Crippen molar-refractivity contribution in [2.45, 2.75) is 105 Å². The van der Waals surface area contributed by atoms with E-state index in [4.69, 9.17) is 0 Å². The Morgan fingerprint density at radius 3 is 1.69 bits per heavy atom. The molecule has 0 radical (unpaired) electrons. The van der Waals surface area contributed by atoms with Crippen LogP contribution in [0.5, 0.6) is 0 Å². The maximum atomic E-state index is 2.63. The molecule has 0 atom stereocenters. The maximum Gasteiger partial charge on any atom is 0.264 e. The summed E-state index contributed by atoms with van der Waals surface area (Å²) >= 11 is 1.99. The van der Waals surface area contributed by atoms with Crippen LogP contribution in [0, 0.1) is 0 Å². The van der Waals surface area contributed by atoms with E-state index in [0.29, 0.717) is 5.92 Å². The fourth-order valence-electron chi connectivity index (χ4n) is 11.6. The van der Waals surface area contributed by atoms with Crippen molar-refractivity contribution in [3.8, 4) is 11.1 Å². The molecule has 1 aromatic heterocycles. The minimum absolute atomic E-state index is 0.000674. The summed E-state index contributed by atoms with van der Waals surface area (Å²) in [6.07, 6.45) is 1.05. The SMILES string of the molecule is CCC(C)(C)c1ccc2c(c1)B1c3sc4ccc(C(C)(C)C)cc4c3N(c3ccc(C(C)C)cc3)c3cccc(c31)N2c1ccc(C(C)(C)C)cc1-c1ccc2c3ccccc3c3ccccc3c2c1. The molecule has 2 aliphatic rings. The number of fused-ring (bicyclic) bond motifs is 12. The zero-order valence-corrected chi connectivity index (χ0v) is 43.6. The van der Waals surface area contributed by atoms with E-state index >= 15 is 0 Å². The Labute approximate surface area is 419 Å². The molecule has 0 unspecified atom stereocenters. The van der Waals surface area contributed by atoms with E-state index in [0.717, 1.165) is 6.42 Å². The summed E-state index contributed by atoms with van der Waals surface area (Å²) in [5.74, 6) is 0.447. The lowest BCUT2D eigenvalue weighted by molar-refractivity contribution is 0.506. The molecule has 0 saturated carbocycles. The van der Waals surface area contributed by atoms with Gasteiger partial charge in [-0.1, -0.05) is 179 Å². The minimum Gasteiger partial charge on any atom is -0.311 e. The average molecular weight is 927 g/mol. The van der Waals surface area contributed by atoms with Gasteiger partial charge < -0.3 is 9.80 Å². The van der Waals surface area contributed by atoms with Crippen molar-refractivity contribution in [2.24, 2.45) is 0 Å². The number of thiophene rings is 1. The van der Waals surface area contributed by atoms with E-state index in [1.165, 1.54) is 126 Å². The van der Waals surface area contributed by atoms with Crippen LogP contribution < -0.4 is 25.5 Å². The third kappa shape index (κ3) is 6.88. The molecule has 2 aliphatic heterocycles. The largest absolute Gasteiger partial charge is 0.311 e. The Kier molecular flexibility index (Phi) is 10.2. The number of hydrogen-bond donors (Lipinski definition) is 0. The molecular formula is C66H63BN2S. The van der Waals surface area contributed by atoms with Gasteiger partial charge in [-0.2, -0.15) is 0 Å². The average Bonchev–Trinajstić information content (AvgIpc) is 3.74. The van der Waals surface area contributed by atoms with Gasteiger partial charge in [-0.05, 0) is 160 Å². The first-order chi connectivity index (χ1) is 33.5. The molecule has 0 fully saturated rings. The van der Waals surface area contributed by atoms with E-state index in [1.54, 1.807) is 0 Å². The Morgan fingerprint density at radius 2 is 1.06 bits per heavy atom. The second-order valence-electron chi connectivity index (χ2n) is 23.2. The van der Waals surface area contributed by atoms with Crippen molar-refractivity contribution < 1.29 is 0 Å². The molecule has 0 N–H and O–H groups in total. The molecule has 0 amide bonds. The Balaban J connectivity index is 1.17. The van der Waals surface area contributed by atoms with Crippen LogP contribution in [0.1, 0.15) is 111 Å². The molecule has 3 heterocycles. The zero-order chi connectivity index (χ0) is 48.6. The Morgan fingerprint density at radius 1 is 0.486 bits per heavy atom. The first-order valence-corrected chi connectivity index (χ1v) is 26.4. The lowest BCUT2D eigenvalue weighted by atomic mass is 9.36. The number of rotatable bonds is 6. The summed E-state index contributed by atoms with van der Waals surface area (Å²) in [7, 11) is 0. The standard InChI is InChI=1S/C66H63BN2S/c1-12-66(10,11)45-28-34-57-55(39-45)67-61-58(68(46-30-24-41(25-31-46)40(2)3)62-54-38-44(65(7,8)9)29-35-60(54)70-63(62)67)22-17-23-59(61)69(57)56-33-27-43(64(4,5)6)37-52(56)42-26-32-51-49-20-14-13-18-47(49)48-19-15-16-21-50(48)53(51)36-42/h13-40H,12H2,1-11H3. The Bertz CT molecular complexity index is 3710. The number of nitrogens with zero attached hydrogens (tertiary/aromatic N) is 2. The zero-order valence-electron chi connectivity index (χ0n) is 42.8. The van der Waals surface area contributed by atoms with Crippen molar-refractivity contribution in [3.63, 3.8) is 0 Å². The second-order valence-corrected chi connectivity index (χ2v) is 24.3. The molecule has 0 bridgehead atoms. The third-order valence-corrected chi connectivity index (χ3v) is 17.3. The first kappa shape index (κ1) is 44.6. The lowest BCUT2D eigenvalue weighted by Gasteiger charge is -2.44. The predicted octanol–water partition coefficient (Wildman–Crippen LogP) is 17.5. The van der Waals surface area contributed by atoms with Gasteiger partial charge in [0.15, 0.2) is 0 Å². The summed E-state index contributed by atoms with van der Waals surface area (Å²) in [5.41, 5.74) is 18.0. The van der Waals surface area contributed by atoms with Gasteiger partial charge >= 0.3 is 0 Å². The summed E-state index contributed by atoms with van der Waals surface area (Å²) in [4.78, 5) is 5.25. The highest BCUT2D eigenvalue weighted by Gasteiger charge is 2.46. The normalized spacial score (nSPS) is 13.7. The maximum absolute atomic E-state index is 2.63. The van der Waals surface area contributed by atoms with Crippen LogP contribution in [0.3, 0.4) is 0 Å². The molecular weight excluding hydrogens is 864 g/mol. The molecule has 346 valence electrons. The van der Waals surface area contributed by atoms with Gasteiger partial charge in [-0.15, -0.1) is 11.3 Å². The van der Waals surface area contributed by atoms with Crippen molar-refractivity contribution in [2.75, 3.05) is 9.80 Å². The smallest absolute Gasteiger partial charge is 0.264 e. The van der Waals surface area contributed by atoms with Gasteiger partial charge in [0, 0.05) is 43.2 Å². The summed E-state index contributed by atoms with van der Waals surface area (Å²) in [5, 5.41) is 9.08. The molecule has 12 rings (SSSR count). The van der Waals surface area contributed by atoms with Gasteiger partial charge in [0.2, 0.25) is 0 Å². The quantitative estimate of drug-likeness (QED) is 0.121. The summed E-state index contributed by atoms with van der Waals surface area (Å²) < 4.78 is 2.75. The fraction of sp³-hybridized carbons (Fsp3) is 0.242. The van der Waals surface area contributed by atoms with E-state index in [2.05, 4.69) is 250 Å². The van der Waals surface area contributed by atoms with Crippen LogP contribution in [-0.2, 0) is 16.2 Å². The van der Waals surface area contributed by atoms with Gasteiger partial charge in [0.05, 0.1) is 11.4 Å². The van der Waals surface area contributed by atoms with Crippen LogP contribution in [0.25, 0.3) is 53.5 Å². The van der Waals surface area contributed by atoms with Crippen LogP contribution in [-0.4, -0.2) is 6.71 Å². The van der Waals surface area contributed by atoms with E-state index in [1.807, 2.05) is 11.3 Å². The highest BCUT2D eigenvalue weighted by atomic mass is 32.1. The van der Waals surface area contributed by atoms with Gasteiger partial charge in [-0.3, -0.25) is 0 Å². The predicted molar refractivity (Wildman–Crippen MR) is 309 cm³/mol. The van der Waals surface area contributed by atoms with Crippen molar-refractivity contribution in [3.05, 3.63) is 186 Å². The highest BCUT2D eigenvalue weighted by molar-refractivity contribution is 7.33. The first-order valence-electron chi connectivity index (χ1n) is 25.5. The van der Waals surface area contributed by atoms with Crippen molar-refractivity contribution >= 4 is 110 Å². The topological polar surface area (TPSA) is 6.48 Å². The number of hydrogen-bond acceptors (Lipinski definition) is 3. The van der Waals surface area contributed by atoms with Gasteiger partial charge in [0.25, 0.3) is 6.71 Å². The molecule has 2 nitrogen and oxygen atoms in total. The van der Waals surface area contributed by atoms with Gasteiger partial charge in [0.1, 0.15) is 0 Å². The van der Waals surface area contributed by atoms with Crippen LogP contribution in [0.15, 0.2) is 164 Å². The van der Waals surface area contributed by atoms with E-state index < -0.39 is 0 Å². The molecule has 70 heavy (non-hydrogen) atoms. The van der Waals surface area contributed by atoms with E-state index in [9.17, 15) is 0 Å². The monoisotopic (exact) mass is 926 g/mol. The molecule has 0 aliphatic carbocycles. The fourth-order valence-corrected chi connectivity index (χ4v) is 12.9. The lowest BCUT2D eigenvalue weighted by Crippen LogP contribution is -2.60. The minimum atomic E-state index is -0.0550. The molecule has 4 heteroatoms. The van der Waals surface area contributed by atoms with Crippen LogP contribution in [0.2, 0.25) is 0 Å². The molecule has 9 aromatic carbocycles. The molecule has 0 spiro atoms. The van der Waals surface area contributed by atoms with Gasteiger partial charge in [-0.25, -0.2) is 0 Å². The van der Waals surface area contributed by atoms with Crippen LogP contribution in [0.4, 0.5) is 34.1 Å². The Hall–Kier alpha value is -6.62. The summed E-state index contributed by atoms with van der Waals surface area (Å²) in [6, 6.07) is 63.7. The molecule has 10 aromatic rings.